The first kappa shape index (κ1) is 18.3. The minimum absolute atomic E-state index is 0.0514. The van der Waals surface area contributed by atoms with Crippen LogP contribution in [0.5, 0.6) is 11.5 Å². The number of hydrogen-bond acceptors (Lipinski definition) is 5. The Morgan fingerprint density at radius 1 is 0.966 bits per heavy atom. The van der Waals surface area contributed by atoms with Crippen molar-refractivity contribution in [1.29, 1.82) is 0 Å². The Bertz CT molecular complexity index is 1260. The number of anilines is 1. The van der Waals surface area contributed by atoms with Crippen molar-refractivity contribution in [3.8, 4) is 22.6 Å². The van der Waals surface area contributed by atoms with Crippen molar-refractivity contribution in [2.24, 2.45) is 0 Å². The molecule has 0 saturated carbocycles. The number of aromatic hydroxyl groups is 1. The van der Waals surface area contributed by atoms with Gasteiger partial charge in [0.1, 0.15) is 11.3 Å². The van der Waals surface area contributed by atoms with Crippen LogP contribution in [-0.2, 0) is 0 Å². The fourth-order valence-corrected chi connectivity index (χ4v) is 3.05. The molecule has 0 saturated heterocycles. The minimum atomic E-state index is -0.817. The number of fused-ring (bicyclic) bond motifs is 1. The van der Waals surface area contributed by atoms with Crippen molar-refractivity contribution in [2.45, 2.75) is 0 Å². The van der Waals surface area contributed by atoms with Gasteiger partial charge in [-0.25, -0.2) is 4.79 Å². The maximum Gasteiger partial charge on any atom is 0.349 e. The van der Waals surface area contributed by atoms with Crippen LogP contribution in [0, 0.1) is 0 Å². The van der Waals surface area contributed by atoms with Gasteiger partial charge in [0, 0.05) is 11.1 Å². The molecule has 0 bridgehead atoms. The molecule has 1 heterocycles. The molecule has 0 fully saturated rings. The van der Waals surface area contributed by atoms with Gasteiger partial charge in [-0.1, -0.05) is 36.4 Å². The number of nitrogens with one attached hydrogen (secondary N) is 1. The number of carbonyl (C=O) groups excluding carboxylic acids is 1. The largest absolute Gasteiger partial charge is 0.504 e. The molecule has 6 heteroatoms. The summed E-state index contributed by atoms with van der Waals surface area (Å²) in [5.74, 6) is 0.0156. The number of ether oxygens (including phenoxy) is 1. The zero-order chi connectivity index (χ0) is 20.4. The average Bonchev–Trinajstić information content (AvgIpc) is 2.74. The summed E-state index contributed by atoms with van der Waals surface area (Å²) >= 11 is 0. The molecule has 0 aliphatic carbocycles. The van der Waals surface area contributed by atoms with Crippen LogP contribution in [0.3, 0.4) is 0 Å². The van der Waals surface area contributed by atoms with Crippen LogP contribution in [0.1, 0.15) is 10.4 Å². The molecular formula is C23H17NO5. The molecule has 0 unspecified atom stereocenters. The summed E-state index contributed by atoms with van der Waals surface area (Å²) in [6, 6.07) is 20.9. The highest BCUT2D eigenvalue weighted by Gasteiger charge is 2.15. The van der Waals surface area contributed by atoms with E-state index in [1.54, 1.807) is 25.3 Å². The normalized spacial score (nSPS) is 10.7. The van der Waals surface area contributed by atoms with Gasteiger partial charge in [-0.2, -0.15) is 0 Å². The van der Waals surface area contributed by atoms with E-state index in [1.165, 1.54) is 12.1 Å². The molecule has 29 heavy (non-hydrogen) atoms. The first-order valence-corrected chi connectivity index (χ1v) is 8.87. The van der Waals surface area contributed by atoms with Crippen molar-refractivity contribution >= 4 is 22.6 Å². The van der Waals surface area contributed by atoms with Crippen LogP contribution in [0.4, 0.5) is 5.69 Å². The van der Waals surface area contributed by atoms with E-state index in [0.29, 0.717) is 11.1 Å². The van der Waals surface area contributed by atoms with Gasteiger partial charge in [0.25, 0.3) is 5.91 Å². The highest BCUT2D eigenvalue weighted by Crippen LogP contribution is 2.26. The maximum absolute atomic E-state index is 12.6. The highest BCUT2D eigenvalue weighted by atomic mass is 16.5. The van der Waals surface area contributed by atoms with Crippen LogP contribution in [-0.4, -0.2) is 18.1 Å². The molecule has 4 aromatic rings. The predicted molar refractivity (Wildman–Crippen MR) is 111 cm³/mol. The topological polar surface area (TPSA) is 88.8 Å². The Morgan fingerprint density at radius 3 is 2.48 bits per heavy atom. The summed E-state index contributed by atoms with van der Waals surface area (Å²) in [6.07, 6.45) is 0. The number of phenolic OH excluding ortho intramolecular Hbond substituents is 1. The standard InChI is InChI=1S/C23H17NO5/c1-28-18-10-8-14(9-11-18)15-4-2-6-17(12-15)24-22(26)19-13-16-5-3-7-20(25)21(16)29-23(19)27/h2-13,25H,1H3,(H,24,26). The van der Waals surface area contributed by atoms with Gasteiger partial charge >= 0.3 is 5.63 Å². The maximum atomic E-state index is 12.6. The van der Waals surface area contributed by atoms with Crippen molar-refractivity contribution in [3.63, 3.8) is 0 Å². The van der Waals surface area contributed by atoms with E-state index in [-0.39, 0.29) is 16.9 Å². The number of phenols is 1. The lowest BCUT2D eigenvalue weighted by Gasteiger charge is -2.09. The molecule has 4 rings (SSSR count). The predicted octanol–water partition coefficient (Wildman–Crippen LogP) is 4.43. The lowest BCUT2D eigenvalue weighted by atomic mass is 10.0. The molecule has 0 radical (unpaired) electrons. The monoisotopic (exact) mass is 387 g/mol. The molecule has 1 aromatic heterocycles. The third-order valence-electron chi connectivity index (χ3n) is 4.53. The Kier molecular flexibility index (Phi) is 4.75. The van der Waals surface area contributed by atoms with Crippen molar-refractivity contribution in [3.05, 3.63) is 88.8 Å². The molecule has 6 nitrogen and oxygen atoms in total. The van der Waals surface area contributed by atoms with Gasteiger partial charge in [-0.15, -0.1) is 0 Å². The molecule has 0 aliphatic rings. The second-order valence-electron chi connectivity index (χ2n) is 6.41. The first-order chi connectivity index (χ1) is 14.0. The Morgan fingerprint density at radius 2 is 1.72 bits per heavy atom. The van der Waals surface area contributed by atoms with Crippen LogP contribution in [0.15, 0.2) is 82.0 Å². The van der Waals surface area contributed by atoms with E-state index in [4.69, 9.17) is 9.15 Å². The van der Waals surface area contributed by atoms with E-state index in [1.807, 2.05) is 42.5 Å². The van der Waals surface area contributed by atoms with Gasteiger partial charge in [-0.05, 0) is 47.5 Å². The fourth-order valence-electron chi connectivity index (χ4n) is 3.05. The molecule has 3 aromatic carbocycles. The van der Waals surface area contributed by atoms with Crippen LogP contribution in [0.25, 0.3) is 22.1 Å². The van der Waals surface area contributed by atoms with Crippen molar-refractivity contribution < 1.29 is 19.1 Å². The van der Waals surface area contributed by atoms with Gasteiger partial charge in [0.15, 0.2) is 11.3 Å². The van der Waals surface area contributed by atoms with Gasteiger partial charge in [0.05, 0.1) is 7.11 Å². The number of hydrogen-bond donors (Lipinski definition) is 2. The third kappa shape index (κ3) is 3.68. The fraction of sp³-hybridized carbons (Fsp3) is 0.0435. The van der Waals surface area contributed by atoms with E-state index >= 15 is 0 Å². The number of methoxy groups -OCH3 is 1. The quantitative estimate of drug-likeness (QED) is 0.506. The zero-order valence-electron chi connectivity index (χ0n) is 15.5. The molecule has 144 valence electrons. The molecule has 2 N–H and O–H groups in total. The van der Waals surface area contributed by atoms with E-state index in [2.05, 4.69) is 5.32 Å². The zero-order valence-corrected chi connectivity index (χ0v) is 15.5. The summed E-state index contributed by atoms with van der Waals surface area (Å²) in [7, 11) is 1.61. The highest BCUT2D eigenvalue weighted by molar-refractivity contribution is 6.05. The summed E-state index contributed by atoms with van der Waals surface area (Å²) < 4.78 is 10.3. The SMILES string of the molecule is COc1ccc(-c2cccc(NC(=O)c3cc4cccc(O)c4oc3=O)c2)cc1. The Labute approximate surface area is 166 Å². The number of rotatable bonds is 4. The molecule has 0 spiro atoms. The van der Waals surface area contributed by atoms with E-state index in [0.717, 1.165) is 16.9 Å². The van der Waals surface area contributed by atoms with Gasteiger partial charge in [-0.3, -0.25) is 4.79 Å². The Hall–Kier alpha value is -4.06. The molecule has 0 atom stereocenters. The van der Waals surface area contributed by atoms with Crippen molar-refractivity contribution in [2.75, 3.05) is 12.4 Å². The average molecular weight is 387 g/mol. The van der Waals surface area contributed by atoms with Gasteiger partial charge < -0.3 is 19.6 Å². The summed E-state index contributed by atoms with van der Waals surface area (Å²) in [6.45, 7) is 0. The number of amides is 1. The second-order valence-corrected chi connectivity index (χ2v) is 6.41. The second kappa shape index (κ2) is 7.52. The third-order valence-corrected chi connectivity index (χ3v) is 4.53. The molecule has 1 amide bonds. The van der Waals surface area contributed by atoms with Crippen molar-refractivity contribution in [1.82, 2.24) is 0 Å². The smallest absolute Gasteiger partial charge is 0.349 e. The summed E-state index contributed by atoms with van der Waals surface area (Å²) in [4.78, 5) is 24.9. The number of benzene rings is 3. The van der Waals surface area contributed by atoms with Crippen LogP contribution in [0.2, 0.25) is 0 Å². The summed E-state index contributed by atoms with van der Waals surface area (Å²) in [5.41, 5.74) is 1.50. The number of para-hydroxylation sites is 1. The molecular weight excluding hydrogens is 370 g/mol. The summed E-state index contributed by atoms with van der Waals surface area (Å²) in [5, 5.41) is 13.0. The minimum Gasteiger partial charge on any atom is -0.504 e. The number of carbonyl (C=O) groups is 1. The van der Waals surface area contributed by atoms with E-state index < -0.39 is 11.5 Å². The van der Waals surface area contributed by atoms with Crippen LogP contribution < -0.4 is 15.7 Å². The first-order valence-electron chi connectivity index (χ1n) is 8.87. The van der Waals surface area contributed by atoms with Crippen LogP contribution >= 0.6 is 0 Å². The molecule has 0 aliphatic heterocycles. The van der Waals surface area contributed by atoms with Gasteiger partial charge in [0.2, 0.25) is 0 Å². The van der Waals surface area contributed by atoms with E-state index in [9.17, 15) is 14.7 Å². The lowest BCUT2D eigenvalue weighted by Crippen LogP contribution is -2.20. The lowest BCUT2D eigenvalue weighted by molar-refractivity contribution is 0.102. The Balaban J connectivity index is 1.62.